The van der Waals surface area contributed by atoms with Gasteiger partial charge in [0.25, 0.3) is 0 Å². The van der Waals surface area contributed by atoms with E-state index < -0.39 is 0 Å². The van der Waals surface area contributed by atoms with Gasteiger partial charge in [0.15, 0.2) is 0 Å². The van der Waals surface area contributed by atoms with Crippen molar-refractivity contribution in [2.45, 2.75) is 32.8 Å². The molecule has 0 aliphatic carbocycles. The molecular formula is C12H22N2O2. The van der Waals surface area contributed by atoms with Crippen molar-refractivity contribution in [3.05, 3.63) is 0 Å². The van der Waals surface area contributed by atoms with Gasteiger partial charge in [0, 0.05) is 13.1 Å². The van der Waals surface area contributed by atoms with E-state index in [1.807, 2.05) is 25.7 Å². The Morgan fingerprint density at radius 1 is 1.31 bits per heavy atom. The van der Waals surface area contributed by atoms with Crippen LogP contribution in [0.3, 0.4) is 0 Å². The molecule has 2 atom stereocenters. The predicted molar refractivity (Wildman–Crippen MR) is 62.3 cm³/mol. The van der Waals surface area contributed by atoms with E-state index >= 15 is 0 Å². The Morgan fingerprint density at radius 2 is 2.00 bits per heavy atom. The van der Waals surface area contributed by atoms with Crippen LogP contribution < -0.4 is 5.32 Å². The topological polar surface area (TPSA) is 41.6 Å². The van der Waals surface area contributed by atoms with Crippen molar-refractivity contribution in [3.8, 4) is 0 Å². The molecule has 2 rings (SSSR count). The molecule has 4 nitrogen and oxygen atoms in total. The van der Waals surface area contributed by atoms with Crippen LogP contribution in [0.25, 0.3) is 0 Å². The van der Waals surface area contributed by atoms with E-state index in [1.165, 1.54) is 6.42 Å². The van der Waals surface area contributed by atoms with Crippen molar-refractivity contribution in [1.29, 1.82) is 0 Å². The van der Waals surface area contributed by atoms with Gasteiger partial charge in [0.05, 0.1) is 0 Å². The maximum atomic E-state index is 11.9. The average molecular weight is 226 g/mol. The third-order valence-electron chi connectivity index (χ3n) is 3.33. The SMILES string of the molecule is CC(C)(C)OC(=O)N1C[C@H]2CCNC[C@@H]2C1. The second kappa shape index (κ2) is 4.24. The van der Waals surface area contributed by atoms with E-state index in [4.69, 9.17) is 4.74 Å². The number of fused-ring (bicyclic) bond motifs is 1. The molecule has 0 aromatic carbocycles. The smallest absolute Gasteiger partial charge is 0.410 e. The van der Waals surface area contributed by atoms with Crippen LogP contribution in [0.4, 0.5) is 4.79 Å². The Morgan fingerprint density at radius 3 is 2.62 bits per heavy atom. The zero-order valence-electron chi connectivity index (χ0n) is 10.5. The Balaban J connectivity index is 1.90. The molecule has 2 saturated heterocycles. The van der Waals surface area contributed by atoms with Gasteiger partial charge < -0.3 is 15.0 Å². The summed E-state index contributed by atoms with van der Waals surface area (Å²) in [7, 11) is 0. The fourth-order valence-electron chi connectivity index (χ4n) is 2.55. The molecule has 2 fully saturated rings. The van der Waals surface area contributed by atoms with Crippen molar-refractivity contribution in [1.82, 2.24) is 10.2 Å². The first-order valence-corrected chi connectivity index (χ1v) is 6.14. The van der Waals surface area contributed by atoms with E-state index in [9.17, 15) is 4.79 Å². The fourth-order valence-corrected chi connectivity index (χ4v) is 2.55. The van der Waals surface area contributed by atoms with Crippen molar-refractivity contribution in [3.63, 3.8) is 0 Å². The van der Waals surface area contributed by atoms with Gasteiger partial charge in [0.2, 0.25) is 0 Å². The Bertz CT molecular complexity index is 259. The number of nitrogens with zero attached hydrogens (tertiary/aromatic N) is 1. The van der Waals surface area contributed by atoms with Gasteiger partial charge in [0.1, 0.15) is 5.60 Å². The first-order chi connectivity index (χ1) is 7.46. The number of amides is 1. The molecule has 16 heavy (non-hydrogen) atoms. The predicted octanol–water partition coefficient (Wildman–Crippen LogP) is 1.46. The van der Waals surface area contributed by atoms with Crippen LogP contribution >= 0.6 is 0 Å². The number of hydrogen-bond acceptors (Lipinski definition) is 3. The Labute approximate surface area is 97.3 Å². The quantitative estimate of drug-likeness (QED) is 0.680. The maximum Gasteiger partial charge on any atom is 0.410 e. The molecule has 0 unspecified atom stereocenters. The van der Waals surface area contributed by atoms with Gasteiger partial charge >= 0.3 is 6.09 Å². The van der Waals surface area contributed by atoms with E-state index in [2.05, 4.69) is 5.32 Å². The average Bonchev–Trinajstić information content (AvgIpc) is 2.58. The van der Waals surface area contributed by atoms with Gasteiger partial charge in [-0.2, -0.15) is 0 Å². The molecule has 2 heterocycles. The zero-order valence-corrected chi connectivity index (χ0v) is 10.5. The van der Waals surface area contributed by atoms with Crippen molar-refractivity contribution >= 4 is 6.09 Å². The molecule has 2 aliphatic heterocycles. The van der Waals surface area contributed by atoms with Gasteiger partial charge in [-0.15, -0.1) is 0 Å². The number of carbonyl (C=O) groups excluding carboxylic acids is 1. The number of piperidine rings is 1. The monoisotopic (exact) mass is 226 g/mol. The van der Waals surface area contributed by atoms with Crippen molar-refractivity contribution < 1.29 is 9.53 Å². The molecular weight excluding hydrogens is 204 g/mol. The molecule has 0 saturated carbocycles. The fraction of sp³-hybridized carbons (Fsp3) is 0.917. The summed E-state index contributed by atoms with van der Waals surface area (Å²) in [5.41, 5.74) is -0.386. The lowest BCUT2D eigenvalue weighted by Gasteiger charge is -2.24. The second-order valence-electron chi connectivity index (χ2n) is 5.90. The third-order valence-corrected chi connectivity index (χ3v) is 3.33. The van der Waals surface area contributed by atoms with Crippen LogP contribution in [0.1, 0.15) is 27.2 Å². The lowest BCUT2D eigenvalue weighted by atomic mass is 9.90. The number of likely N-dealkylation sites (tertiary alicyclic amines) is 1. The normalized spacial score (nSPS) is 30.1. The summed E-state index contributed by atoms with van der Waals surface area (Å²) in [6.45, 7) is 9.60. The highest BCUT2D eigenvalue weighted by molar-refractivity contribution is 5.68. The second-order valence-corrected chi connectivity index (χ2v) is 5.90. The molecule has 0 radical (unpaired) electrons. The van der Waals surface area contributed by atoms with E-state index in [0.717, 1.165) is 26.2 Å². The summed E-state index contributed by atoms with van der Waals surface area (Å²) in [6, 6.07) is 0. The highest BCUT2D eigenvalue weighted by Crippen LogP contribution is 2.28. The first-order valence-electron chi connectivity index (χ1n) is 6.14. The van der Waals surface area contributed by atoms with Crippen LogP contribution in [-0.2, 0) is 4.74 Å². The Hall–Kier alpha value is -0.770. The molecule has 0 aromatic heterocycles. The van der Waals surface area contributed by atoms with Crippen LogP contribution in [0.5, 0.6) is 0 Å². The van der Waals surface area contributed by atoms with Crippen LogP contribution in [0, 0.1) is 11.8 Å². The number of rotatable bonds is 0. The minimum atomic E-state index is -0.386. The lowest BCUT2D eigenvalue weighted by molar-refractivity contribution is 0.0285. The van der Waals surface area contributed by atoms with Crippen molar-refractivity contribution in [2.75, 3.05) is 26.2 Å². The van der Waals surface area contributed by atoms with E-state index in [1.54, 1.807) is 0 Å². The molecule has 0 aromatic rings. The molecule has 0 bridgehead atoms. The number of nitrogens with one attached hydrogen (secondary N) is 1. The summed E-state index contributed by atoms with van der Waals surface area (Å²) in [5.74, 6) is 1.30. The standard InChI is InChI=1S/C12H22N2O2/c1-12(2,3)16-11(15)14-7-9-4-5-13-6-10(9)8-14/h9-10,13H,4-8H2,1-3H3/t9-,10-/m1/s1. The van der Waals surface area contributed by atoms with Gasteiger partial charge in [-0.3, -0.25) is 0 Å². The number of carbonyl (C=O) groups is 1. The molecule has 1 amide bonds. The molecule has 2 aliphatic rings. The van der Waals surface area contributed by atoms with Gasteiger partial charge in [-0.05, 0) is 52.1 Å². The Kier molecular flexibility index (Phi) is 3.10. The highest BCUT2D eigenvalue weighted by atomic mass is 16.6. The zero-order chi connectivity index (χ0) is 11.8. The largest absolute Gasteiger partial charge is 0.444 e. The summed E-state index contributed by atoms with van der Waals surface area (Å²) in [5, 5.41) is 3.39. The van der Waals surface area contributed by atoms with Gasteiger partial charge in [-0.25, -0.2) is 4.79 Å². The van der Waals surface area contributed by atoms with E-state index in [-0.39, 0.29) is 11.7 Å². The first kappa shape index (κ1) is 11.7. The molecule has 0 spiro atoms. The highest BCUT2D eigenvalue weighted by Gasteiger charge is 2.37. The van der Waals surface area contributed by atoms with Crippen LogP contribution in [0.15, 0.2) is 0 Å². The lowest BCUT2D eigenvalue weighted by Crippen LogP contribution is -2.36. The van der Waals surface area contributed by atoms with Gasteiger partial charge in [-0.1, -0.05) is 0 Å². The molecule has 92 valence electrons. The molecule has 1 N–H and O–H groups in total. The van der Waals surface area contributed by atoms with Crippen LogP contribution in [0.2, 0.25) is 0 Å². The minimum Gasteiger partial charge on any atom is -0.444 e. The summed E-state index contributed by atoms with van der Waals surface area (Å²) in [6.07, 6.45) is 1.03. The summed E-state index contributed by atoms with van der Waals surface area (Å²) in [4.78, 5) is 13.8. The number of ether oxygens (including phenoxy) is 1. The van der Waals surface area contributed by atoms with Crippen LogP contribution in [-0.4, -0.2) is 42.8 Å². The van der Waals surface area contributed by atoms with Crippen molar-refractivity contribution in [2.24, 2.45) is 11.8 Å². The summed E-state index contributed by atoms with van der Waals surface area (Å²) < 4.78 is 5.39. The van der Waals surface area contributed by atoms with E-state index in [0.29, 0.717) is 11.8 Å². The number of hydrogen-bond donors (Lipinski definition) is 1. The summed E-state index contributed by atoms with van der Waals surface area (Å²) >= 11 is 0. The minimum absolute atomic E-state index is 0.151. The third kappa shape index (κ3) is 2.67. The molecule has 4 heteroatoms. The maximum absolute atomic E-state index is 11.9.